The van der Waals surface area contributed by atoms with Crippen LogP contribution < -0.4 is 15.8 Å². The molecular weight excluding hydrogens is 490 g/mol. The van der Waals surface area contributed by atoms with Gasteiger partial charge in [-0.1, -0.05) is 82.3 Å². The quantitative estimate of drug-likeness (QED) is 0.324. The van der Waals surface area contributed by atoms with E-state index in [1.807, 2.05) is 36.4 Å². The van der Waals surface area contributed by atoms with Crippen molar-refractivity contribution in [1.29, 1.82) is 0 Å². The van der Waals surface area contributed by atoms with Gasteiger partial charge in [-0.25, -0.2) is 0 Å². The number of anilines is 3. The van der Waals surface area contributed by atoms with Crippen LogP contribution in [0, 0.1) is 10.8 Å². The maximum atomic E-state index is 5.05. The summed E-state index contributed by atoms with van der Waals surface area (Å²) < 4.78 is 0. The Morgan fingerprint density at radius 3 is 1.38 bits per heavy atom. The number of rotatable bonds is 5. The van der Waals surface area contributed by atoms with Gasteiger partial charge in [0.05, 0.1) is 22.8 Å². The van der Waals surface area contributed by atoms with Gasteiger partial charge in [0, 0.05) is 23.5 Å². The summed E-state index contributed by atoms with van der Waals surface area (Å²) in [4.78, 5) is 2.55. The molecule has 3 aliphatic rings. The molecule has 6 rings (SSSR count). The highest BCUT2D eigenvalue weighted by atomic mass is 15.3. The minimum atomic E-state index is 0.0943. The molecule has 0 aromatic heterocycles. The molecule has 0 amide bonds. The van der Waals surface area contributed by atoms with Crippen LogP contribution in [0.4, 0.5) is 17.1 Å². The van der Waals surface area contributed by atoms with E-state index in [0.717, 1.165) is 54.9 Å². The molecule has 1 aliphatic heterocycles. The average molecular weight is 530 g/mol. The first-order chi connectivity index (χ1) is 19.3. The lowest BCUT2D eigenvalue weighted by Crippen LogP contribution is -2.42. The van der Waals surface area contributed by atoms with E-state index < -0.39 is 0 Å². The summed E-state index contributed by atoms with van der Waals surface area (Å²) in [6, 6.07) is 31.3. The molecule has 2 N–H and O–H groups in total. The summed E-state index contributed by atoms with van der Waals surface area (Å²) in [7, 11) is 0. The van der Waals surface area contributed by atoms with Gasteiger partial charge >= 0.3 is 0 Å². The van der Waals surface area contributed by atoms with Crippen molar-refractivity contribution in [3.05, 3.63) is 114 Å². The van der Waals surface area contributed by atoms with Gasteiger partial charge < -0.3 is 4.90 Å². The van der Waals surface area contributed by atoms with E-state index in [2.05, 4.69) is 98.0 Å². The van der Waals surface area contributed by atoms with Crippen LogP contribution in [0.1, 0.15) is 59.8 Å². The lowest BCUT2D eigenvalue weighted by Gasteiger charge is -2.47. The summed E-state index contributed by atoms with van der Waals surface area (Å²) in [6.07, 6.45) is 4.72. The molecule has 0 saturated heterocycles. The van der Waals surface area contributed by atoms with E-state index in [0.29, 0.717) is 0 Å². The molecule has 0 unspecified atom stereocenters. The summed E-state index contributed by atoms with van der Waals surface area (Å²) in [5.41, 5.74) is 17.8. The number of hydrazone groups is 2. The Labute approximate surface area is 238 Å². The fourth-order valence-electron chi connectivity index (χ4n) is 6.27. The van der Waals surface area contributed by atoms with Crippen molar-refractivity contribution >= 4 is 28.5 Å². The normalized spacial score (nSPS) is 21.8. The molecule has 1 heterocycles. The second-order valence-electron chi connectivity index (χ2n) is 12.8. The molecule has 5 nitrogen and oxygen atoms in total. The third kappa shape index (κ3) is 5.46. The number of nitrogens with one attached hydrogen (secondary N) is 2. The number of allylic oxidation sites excluding steroid dienone is 4. The van der Waals surface area contributed by atoms with Gasteiger partial charge in [-0.3, -0.25) is 10.9 Å². The maximum absolute atomic E-state index is 5.05. The van der Waals surface area contributed by atoms with E-state index in [-0.39, 0.29) is 10.8 Å². The highest BCUT2D eigenvalue weighted by molar-refractivity contribution is 6.10. The average Bonchev–Trinajstić information content (AvgIpc) is 2.94. The number of benzene rings is 3. The zero-order valence-corrected chi connectivity index (χ0v) is 24.0. The Balaban J connectivity index is 1.48. The summed E-state index contributed by atoms with van der Waals surface area (Å²) in [6.45, 7) is 9.46. The number of nitrogens with zero attached hydrogens (tertiary/aromatic N) is 3. The van der Waals surface area contributed by atoms with Crippen molar-refractivity contribution in [1.82, 2.24) is 0 Å². The van der Waals surface area contributed by atoms with Crippen molar-refractivity contribution in [2.24, 2.45) is 21.0 Å². The van der Waals surface area contributed by atoms with Crippen molar-refractivity contribution in [2.75, 3.05) is 15.8 Å². The molecule has 0 atom stereocenters. The van der Waals surface area contributed by atoms with Gasteiger partial charge in [0.2, 0.25) is 0 Å². The molecule has 3 aromatic rings. The monoisotopic (exact) mass is 529 g/mol. The van der Waals surface area contributed by atoms with Crippen LogP contribution in [0.2, 0.25) is 0 Å². The molecule has 0 bridgehead atoms. The zero-order valence-electron chi connectivity index (χ0n) is 24.0. The van der Waals surface area contributed by atoms with E-state index >= 15 is 0 Å². The van der Waals surface area contributed by atoms with E-state index in [1.54, 1.807) is 0 Å². The molecule has 40 heavy (non-hydrogen) atoms. The van der Waals surface area contributed by atoms with Crippen LogP contribution in [0.3, 0.4) is 0 Å². The van der Waals surface area contributed by atoms with Crippen molar-refractivity contribution in [3.8, 4) is 0 Å². The van der Waals surface area contributed by atoms with Crippen molar-refractivity contribution in [3.63, 3.8) is 0 Å². The fraction of sp³-hybridized carbons (Fsp3) is 0.314. The number of hydrogen-bond acceptors (Lipinski definition) is 5. The summed E-state index contributed by atoms with van der Waals surface area (Å²) in [5.74, 6) is 0. The summed E-state index contributed by atoms with van der Waals surface area (Å²) >= 11 is 0. The van der Waals surface area contributed by atoms with E-state index in [1.165, 1.54) is 28.2 Å². The maximum Gasteiger partial charge on any atom is 0.0665 e. The molecule has 3 aromatic carbocycles. The zero-order chi connectivity index (χ0) is 27.7. The third-order valence-corrected chi connectivity index (χ3v) is 8.07. The van der Waals surface area contributed by atoms with Gasteiger partial charge in [0.15, 0.2) is 0 Å². The Bertz CT molecular complexity index is 1400. The molecular formula is C35H39N5. The lowest BCUT2D eigenvalue weighted by molar-refractivity contribution is 0.349. The predicted octanol–water partition coefficient (Wildman–Crippen LogP) is 8.98. The molecule has 0 radical (unpaired) electrons. The highest BCUT2D eigenvalue weighted by Gasteiger charge is 2.43. The van der Waals surface area contributed by atoms with Crippen LogP contribution in [0.15, 0.2) is 124 Å². The Morgan fingerprint density at radius 1 is 0.550 bits per heavy atom. The van der Waals surface area contributed by atoms with E-state index in [4.69, 9.17) is 10.2 Å². The van der Waals surface area contributed by atoms with Crippen LogP contribution in [-0.2, 0) is 0 Å². The standard InChI is InChI=1S/C35H39N5/c1-34(2)21-30(38-36-25-14-8-5-9-15-25)28-20-29-31(39-37-26-16-10-6-11-17-26)22-35(3,4)24-33(29)40(32(28)23-34)27-18-12-7-13-19-27/h5-19,36-37H,20-24H2,1-4H3/b38-30+,39-31+. The van der Waals surface area contributed by atoms with Crippen LogP contribution >= 0.6 is 0 Å². The second kappa shape index (κ2) is 10.5. The Hall–Kier alpha value is -4.12. The summed E-state index contributed by atoms with van der Waals surface area (Å²) in [5, 5.41) is 10.1. The molecule has 0 saturated carbocycles. The molecule has 204 valence electrons. The van der Waals surface area contributed by atoms with Crippen LogP contribution in [-0.4, -0.2) is 11.4 Å². The van der Waals surface area contributed by atoms with Crippen molar-refractivity contribution < 1.29 is 0 Å². The Kier molecular flexibility index (Phi) is 6.83. The SMILES string of the molecule is CC1(C)CC2=C(CC3=C(CC(C)(C)C/C3=N\Nc3ccccc3)N2c2ccccc2)/C(=N/Nc2ccccc2)C1. The largest absolute Gasteiger partial charge is 0.317 e. The fourth-order valence-corrected chi connectivity index (χ4v) is 6.27. The predicted molar refractivity (Wildman–Crippen MR) is 169 cm³/mol. The minimum Gasteiger partial charge on any atom is -0.317 e. The molecule has 2 aliphatic carbocycles. The number of hydrogen-bond donors (Lipinski definition) is 2. The first kappa shape index (κ1) is 26.1. The molecule has 0 fully saturated rings. The van der Waals surface area contributed by atoms with Gasteiger partial charge in [-0.05, 0) is 84.1 Å². The van der Waals surface area contributed by atoms with Gasteiger partial charge in [-0.15, -0.1) is 0 Å². The van der Waals surface area contributed by atoms with E-state index in [9.17, 15) is 0 Å². The van der Waals surface area contributed by atoms with Gasteiger partial charge in [0.25, 0.3) is 0 Å². The Morgan fingerprint density at radius 2 is 0.950 bits per heavy atom. The topological polar surface area (TPSA) is 52.0 Å². The van der Waals surface area contributed by atoms with Crippen LogP contribution in [0.5, 0.6) is 0 Å². The van der Waals surface area contributed by atoms with Crippen LogP contribution in [0.25, 0.3) is 0 Å². The smallest absolute Gasteiger partial charge is 0.0665 e. The van der Waals surface area contributed by atoms with Crippen molar-refractivity contribution in [2.45, 2.75) is 59.8 Å². The molecule has 5 heteroatoms. The van der Waals surface area contributed by atoms with Gasteiger partial charge in [0.1, 0.15) is 0 Å². The second-order valence-corrected chi connectivity index (χ2v) is 12.8. The third-order valence-electron chi connectivity index (χ3n) is 8.07. The van der Waals surface area contributed by atoms with Gasteiger partial charge in [-0.2, -0.15) is 10.2 Å². The minimum absolute atomic E-state index is 0.0943. The number of para-hydroxylation sites is 3. The first-order valence-corrected chi connectivity index (χ1v) is 14.3. The lowest BCUT2D eigenvalue weighted by atomic mass is 9.68. The highest BCUT2D eigenvalue weighted by Crippen LogP contribution is 2.51. The molecule has 0 spiro atoms. The first-order valence-electron chi connectivity index (χ1n) is 14.3.